The summed E-state index contributed by atoms with van der Waals surface area (Å²) in [5, 5.41) is 0. The first-order chi connectivity index (χ1) is 7.48. The van der Waals surface area contributed by atoms with E-state index in [2.05, 4.69) is 0 Å². The Morgan fingerprint density at radius 2 is 1.94 bits per heavy atom. The quantitative estimate of drug-likeness (QED) is 0.746. The third kappa shape index (κ3) is 3.67. The fourth-order valence-corrected chi connectivity index (χ4v) is 1.65. The van der Waals surface area contributed by atoms with Gasteiger partial charge in [-0.1, -0.05) is 6.92 Å². The molecule has 1 heterocycles. The SMILES string of the molecule is CCC(C)(C)OC(=O)N1CCC(OC)CC1. The number of hydrogen-bond donors (Lipinski definition) is 0. The molecule has 1 saturated heterocycles. The summed E-state index contributed by atoms with van der Waals surface area (Å²) in [5.41, 5.74) is -0.366. The van der Waals surface area contributed by atoms with E-state index in [1.807, 2.05) is 20.8 Å². The van der Waals surface area contributed by atoms with Gasteiger partial charge in [-0.15, -0.1) is 0 Å². The minimum absolute atomic E-state index is 0.193. The Bertz CT molecular complexity index is 232. The minimum Gasteiger partial charge on any atom is -0.443 e. The van der Waals surface area contributed by atoms with Crippen molar-refractivity contribution in [1.82, 2.24) is 4.90 Å². The topological polar surface area (TPSA) is 38.8 Å². The van der Waals surface area contributed by atoms with E-state index < -0.39 is 0 Å². The van der Waals surface area contributed by atoms with Crippen LogP contribution in [0.15, 0.2) is 0 Å². The molecule has 0 aromatic heterocycles. The number of methoxy groups -OCH3 is 1. The number of rotatable bonds is 3. The van der Waals surface area contributed by atoms with Crippen LogP contribution in [-0.2, 0) is 9.47 Å². The second-order valence-electron chi connectivity index (χ2n) is 4.90. The lowest BCUT2D eigenvalue weighted by Crippen LogP contribution is -2.43. The molecule has 1 rings (SSSR count). The van der Waals surface area contributed by atoms with Crippen molar-refractivity contribution in [3.63, 3.8) is 0 Å². The molecule has 0 aliphatic carbocycles. The van der Waals surface area contributed by atoms with E-state index in [0.29, 0.717) is 6.10 Å². The summed E-state index contributed by atoms with van der Waals surface area (Å²) in [7, 11) is 1.72. The molecule has 16 heavy (non-hydrogen) atoms. The Morgan fingerprint density at radius 3 is 2.38 bits per heavy atom. The average molecular weight is 229 g/mol. The van der Waals surface area contributed by atoms with Crippen LogP contribution in [0.5, 0.6) is 0 Å². The van der Waals surface area contributed by atoms with Gasteiger partial charge in [0.2, 0.25) is 0 Å². The largest absolute Gasteiger partial charge is 0.443 e. The van der Waals surface area contributed by atoms with E-state index in [0.717, 1.165) is 32.4 Å². The van der Waals surface area contributed by atoms with Gasteiger partial charge in [-0.25, -0.2) is 4.79 Å². The molecule has 1 aliphatic heterocycles. The monoisotopic (exact) mass is 229 g/mol. The van der Waals surface area contributed by atoms with Crippen LogP contribution in [0, 0.1) is 0 Å². The summed E-state index contributed by atoms with van der Waals surface area (Å²) < 4.78 is 10.7. The van der Waals surface area contributed by atoms with Crippen molar-refractivity contribution in [1.29, 1.82) is 0 Å². The molecule has 4 heteroatoms. The summed E-state index contributed by atoms with van der Waals surface area (Å²) in [6.45, 7) is 7.36. The maximum atomic E-state index is 11.8. The number of hydrogen-bond acceptors (Lipinski definition) is 3. The molecule has 0 spiro atoms. The van der Waals surface area contributed by atoms with Crippen molar-refractivity contribution in [3.8, 4) is 0 Å². The Labute approximate surface area is 97.9 Å². The summed E-state index contributed by atoms with van der Waals surface area (Å²) >= 11 is 0. The molecule has 0 aromatic carbocycles. The van der Waals surface area contributed by atoms with Crippen molar-refractivity contribution in [2.24, 2.45) is 0 Å². The number of nitrogens with zero attached hydrogens (tertiary/aromatic N) is 1. The maximum Gasteiger partial charge on any atom is 0.410 e. The first kappa shape index (κ1) is 13.3. The van der Waals surface area contributed by atoms with Crippen LogP contribution in [0.25, 0.3) is 0 Å². The van der Waals surface area contributed by atoms with Crippen LogP contribution in [0.3, 0.4) is 0 Å². The zero-order valence-electron chi connectivity index (χ0n) is 10.8. The second kappa shape index (κ2) is 5.53. The highest BCUT2D eigenvalue weighted by Crippen LogP contribution is 2.18. The van der Waals surface area contributed by atoms with Crippen LogP contribution in [0.2, 0.25) is 0 Å². The van der Waals surface area contributed by atoms with Crippen LogP contribution >= 0.6 is 0 Å². The Hall–Kier alpha value is -0.770. The van der Waals surface area contributed by atoms with Gasteiger partial charge >= 0.3 is 6.09 Å². The second-order valence-corrected chi connectivity index (χ2v) is 4.90. The first-order valence-corrected chi connectivity index (χ1v) is 5.99. The standard InChI is InChI=1S/C12H23NO3/c1-5-12(2,3)16-11(14)13-8-6-10(15-4)7-9-13/h10H,5-9H2,1-4H3. The summed E-state index contributed by atoms with van der Waals surface area (Å²) in [5.74, 6) is 0. The van der Waals surface area contributed by atoms with Gasteiger partial charge in [-0.05, 0) is 33.1 Å². The lowest BCUT2D eigenvalue weighted by Gasteiger charge is -2.33. The molecule has 0 bridgehead atoms. The Morgan fingerprint density at radius 1 is 1.38 bits per heavy atom. The van der Waals surface area contributed by atoms with E-state index >= 15 is 0 Å². The molecule has 0 unspecified atom stereocenters. The van der Waals surface area contributed by atoms with Crippen molar-refractivity contribution in [3.05, 3.63) is 0 Å². The van der Waals surface area contributed by atoms with Crippen molar-refractivity contribution >= 4 is 6.09 Å². The smallest absolute Gasteiger partial charge is 0.410 e. The molecule has 1 aliphatic rings. The number of piperidine rings is 1. The lowest BCUT2D eigenvalue weighted by molar-refractivity contribution is -0.00701. The van der Waals surface area contributed by atoms with E-state index in [-0.39, 0.29) is 11.7 Å². The third-order valence-electron chi connectivity index (χ3n) is 3.25. The number of carbonyl (C=O) groups is 1. The Kier molecular flexibility index (Phi) is 4.59. The number of ether oxygens (including phenoxy) is 2. The number of amides is 1. The van der Waals surface area contributed by atoms with Crippen LogP contribution in [0.1, 0.15) is 40.0 Å². The number of likely N-dealkylation sites (tertiary alicyclic amines) is 1. The lowest BCUT2D eigenvalue weighted by atomic mass is 10.1. The van der Waals surface area contributed by atoms with Crippen LogP contribution in [-0.4, -0.2) is 42.9 Å². The highest BCUT2D eigenvalue weighted by atomic mass is 16.6. The molecule has 0 aromatic rings. The van der Waals surface area contributed by atoms with Gasteiger partial charge in [0.15, 0.2) is 0 Å². The van der Waals surface area contributed by atoms with E-state index in [4.69, 9.17) is 9.47 Å². The predicted octanol–water partition coefficient (Wildman–Crippen LogP) is 2.42. The van der Waals surface area contributed by atoms with Crippen molar-refractivity contribution in [2.45, 2.75) is 51.7 Å². The van der Waals surface area contributed by atoms with E-state index in [1.165, 1.54) is 0 Å². The maximum absolute atomic E-state index is 11.8. The van der Waals surface area contributed by atoms with Gasteiger partial charge < -0.3 is 14.4 Å². The van der Waals surface area contributed by atoms with E-state index in [1.54, 1.807) is 12.0 Å². The molecular formula is C12H23NO3. The molecule has 1 fully saturated rings. The normalized spacial score (nSPS) is 18.6. The predicted molar refractivity (Wildman–Crippen MR) is 62.5 cm³/mol. The van der Waals surface area contributed by atoms with Crippen molar-refractivity contribution in [2.75, 3.05) is 20.2 Å². The molecule has 94 valence electrons. The molecule has 0 radical (unpaired) electrons. The van der Waals surface area contributed by atoms with Gasteiger partial charge in [-0.2, -0.15) is 0 Å². The van der Waals surface area contributed by atoms with Gasteiger partial charge in [0.1, 0.15) is 5.60 Å². The third-order valence-corrected chi connectivity index (χ3v) is 3.25. The average Bonchev–Trinajstić information content (AvgIpc) is 2.28. The van der Waals surface area contributed by atoms with Crippen LogP contribution < -0.4 is 0 Å². The van der Waals surface area contributed by atoms with E-state index in [9.17, 15) is 4.79 Å². The summed E-state index contributed by atoms with van der Waals surface area (Å²) in [6.07, 6.45) is 2.73. The fraction of sp³-hybridized carbons (Fsp3) is 0.917. The fourth-order valence-electron chi connectivity index (χ4n) is 1.65. The highest BCUT2D eigenvalue weighted by molar-refractivity contribution is 5.68. The molecule has 0 saturated carbocycles. The molecule has 1 amide bonds. The van der Waals surface area contributed by atoms with Gasteiger partial charge in [0, 0.05) is 20.2 Å². The molecule has 4 nitrogen and oxygen atoms in total. The first-order valence-electron chi connectivity index (χ1n) is 5.99. The minimum atomic E-state index is -0.366. The highest BCUT2D eigenvalue weighted by Gasteiger charge is 2.27. The molecule has 0 N–H and O–H groups in total. The summed E-state index contributed by atoms with van der Waals surface area (Å²) in [6, 6.07) is 0. The molecular weight excluding hydrogens is 206 g/mol. The number of carbonyl (C=O) groups excluding carboxylic acids is 1. The van der Waals surface area contributed by atoms with Crippen LogP contribution in [0.4, 0.5) is 4.79 Å². The Balaban J connectivity index is 2.39. The summed E-state index contributed by atoms with van der Waals surface area (Å²) in [4.78, 5) is 13.6. The zero-order chi connectivity index (χ0) is 12.2. The van der Waals surface area contributed by atoms with Gasteiger partial charge in [-0.3, -0.25) is 0 Å². The zero-order valence-corrected chi connectivity index (χ0v) is 10.8. The van der Waals surface area contributed by atoms with Gasteiger partial charge in [0.05, 0.1) is 6.10 Å². The molecule has 0 atom stereocenters. The van der Waals surface area contributed by atoms with Crippen molar-refractivity contribution < 1.29 is 14.3 Å². The van der Waals surface area contributed by atoms with Gasteiger partial charge in [0.25, 0.3) is 0 Å².